The highest BCUT2D eigenvalue weighted by Gasteiger charge is 2.11. The number of aromatic nitrogens is 2. The fraction of sp³-hybridized carbons (Fsp3) is 0.214. The van der Waals surface area contributed by atoms with Gasteiger partial charge in [0.05, 0.1) is 5.69 Å². The number of amides is 1. The molecule has 0 bridgehead atoms. The molecular formula is C14H14BrN3O2. The van der Waals surface area contributed by atoms with Crippen molar-refractivity contribution in [3.05, 3.63) is 56.9 Å². The molecule has 1 N–H and O–H groups in total. The largest absolute Gasteiger partial charge is 0.320 e. The summed E-state index contributed by atoms with van der Waals surface area (Å²) in [5.74, 6) is -0.346. The van der Waals surface area contributed by atoms with Gasteiger partial charge in [0.25, 0.3) is 11.5 Å². The Kier molecular flexibility index (Phi) is 4.68. The number of nitrogens with zero attached hydrogens (tertiary/aromatic N) is 2. The molecular weight excluding hydrogens is 322 g/mol. The lowest BCUT2D eigenvalue weighted by Gasteiger charge is -2.08. The number of para-hydroxylation sites is 1. The van der Waals surface area contributed by atoms with Crippen molar-refractivity contribution in [2.45, 2.75) is 19.9 Å². The molecule has 0 radical (unpaired) electrons. The molecule has 1 aromatic carbocycles. The van der Waals surface area contributed by atoms with Crippen LogP contribution in [0.3, 0.4) is 0 Å². The first-order chi connectivity index (χ1) is 9.61. The normalized spacial score (nSPS) is 10.3. The third kappa shape index (κ3) is 3.33. The Morgan fingerprint density at radius 1 is 1.30 bits per heavy atom. The molecule has 0 unspecified atom stereocenters. The van der Waals surface area contributed by atoms with E-state index in [1.165, 1.54) is 16.8 Å². The van der Waals surface area contributed by atoms with Crippen molar-refractivity contribution >= 4 is 27.5 Å². The van der Waals surface area contributed by atoms with Crippen molar-refractivity contribution < 1.29 is 4.79 Å². The summed E-state index contributed by atoms with van der Waals surface area (Å²) in [6.07, 6.45) is 0.780. The van der Waals surface area contributed by atoms with Gasteiger partial charge in [0.2, 0.25) is 0 Å². The number of hydrogen-bond acceptors (Lipinski definition) is 3. The van der Waals surface area contributed by atoms with Crippen LogP contribution in [-0.4, -0.2) is 15.7 Å². The van der Waals surface area contributed by atoms with Gasteiger partial charge in [0, 0.05) is 17.1 Å². The van der Waals surface area contributed by atoms with Crippen molar-refractivity contribution in [1.29, 1.82) is 0 Å². The van der Waals surface area contributed by atoms with E-state index < -0.39 is 0 Å². The number of hydrogen-bond donors (Lipinski definition) is 1. The van der Waals surface area contributed by atoms with Crippen LogP contribution >= 0.6 is 15.9 Å². The standard InChI is InChI=1S/C14H14BrN3O2/c1-2-9-18-13(19)8-7-12(17-18)14(20)16-11-6-4-3-5-10(11)15/h3-8H,2,9H2,1H3,(H,16,20). The van der Waals surface area contributed by atoms with Gasteiger partial charge in [-0.15, -0.1) is 0 Å². The third-order valence-electron chi connectivity index (χ3n) is 2.66. The highest BCUT2D eigenvalue weighted by atomic mass is 79.9. The Balaban J connectivity index is 2.24. The summed E-state index contributed by atoms with van der Waals surface area (Å²) in [7, 11) is 0. The molecule has 1 aromatic heterocycles. The quantitative estimate of drug-likeness (QED) is 0.934. The van der Waals surface area contributed by atoms with Gasteiger partial charge in [-0.05, 0) is 40.5 Å². The first kappa shape index (κ1) is 14.5. The van der Waals surface area contributed by atoms with Crippen LogP contribution in [0, 0.1) is 0 Å². The molecule has 0 atom stereocenters. The van der Waals surface area contributed by atoms with E-state index in [1.807, 2.05) is 25.1 Å². The summed E-state index contributed by atoms with van der Waals surface area (Å²) in [4.78, 5) is 23.7. The predicted molar refractivity (Wildman–Crippen MR) is 80.9 cm³/mol. The molecule has 20 heavy (non-hydrogen) atoms. The van der Waals surface area contributed by atoms with Crippen LogP contribution in [0.5, 0.6) is 0 Å². The second kappa shape index (κ2) is 6.47. The van der Waals surface area contributed by atoms with Crippen molar-refractivity contribution in [3.63, 3.8) is 0 Å². The summed E-state index contributed by atoms with van der Waals surface area (Å²) in [6, 6.07) is 10.1. The molecule has 0 aliphatic carbocycles. The molecule has 0 aliphatic rings. The Morgan fingerprint density at radius 2 is 2.05 bits per heavy atom. The van der Waals surface area contributed by atoms with E-state index in [9.17, 15) is 9.59 Å². The van der Waals surface area contributed by atoms with Gasteiger partial charge >= 0.3 is 0 Å². The van der Waals surface area contributed by atoms with Crippen LogP contribution in [-0.2, 0) is 6.54 Å². The molecule has 104 valence electrons. The lowest BCUT2D eigenvalue weighted by Crippen LogP contribution is -2.26. The van der Waals surface area contributed by atoms with Gasteiger partial charge in [-0.3, -0.25) is 9.59 Å². The van der Waals surface area contributed by atoms with E-state index in [0.29, 0.717) is 12.2 Å². The number of aryl methyl sites for hydroxylation is 1. The number of halogens is 1. The minimum absolute atomic E-state index is 0.204. The summed E-state index contributed by atoms with van der Waals surface area (Å²) in [6.45, 7) is 2.44. The predicted octanol–water partition coefficient (Wildman–Crippen LogP) is 2.67. The number of nitrogens with one attached hydrogen (secondary N) is 1. The zero-order valence-corrected chi connectivity index (χ0v) is 12.6. The minimum atomic E-state index is -0.346. The average Bonchev–Trinajstić information content (AvgIpc) is 2.44. The molecule has 2 aromatic rings. The first-order valence-electron chi connectivity index (χ1n) is 6.26. The SMILES string of the molecule is CCCn1nc(C(=O)Nc2ccccc2Br)ccc1=O. The third-order valence-corrected chi connectivity index (χ3v) is 3.35. The van der Waals surface area contributed by atoms with Crippen LogP contribution in [0.25, 0.3) is 0 Å². The van der Waals surface area contributed by atoms with Crippen molar-refractivity contribution in [2.75, 3.05) is 5.32 Å². The van der Waals surface area contributed by atoms with Crippen LogP contribution in [0.4, 0.5) is 5.69 Å². The second-order valence-corrected chi connectivity index (χ2v) is 5.07. The van der Waals surface area contributed by atoms with Crippen molar-refractivity contribution in [2.24, 2.45) is 0 Å². The lowest BCUT2D eigenvalue weighted by molar-refractivity contribution is 0.101. The Hall–Kier alpha value is -1.95. The molecule has 1 heterocycles. The molecule has 2 rings (SSSR count). The zero-order valence-electron chi connectivity index (χ0n) is 11.0. The fourth-order valence-corrected chi connectivity index (χ4v) is 2.07. The van der Waals surface area contributed by atoms with Crippen LogP contribution in [0.2, 0.25) is 0 Å². The summed E-state index contributed by atoms with van der Waals surface area (Å²) < 4.78 is 2.09. The summed E-state index contributed by atoms with van der Waals surface area (Å²) in [5.41, 5.74) is 0.672. The zero-order chi connectivity index (χ0) is 14.5. The van der Waals surface area contributed by atoms with E-state index in [-0.39, 0.29) is 17.2 Å². The van der Waals surface area contributed by atoms with Gasteiger partial charge in [-0.1, -0.05) is 19.1 Å². The highest BCUT2D eigenvalue weighted by molar-refractivity contribution is 9.10. The van der Waals surface area contributed by atoms with E-state index in [4.69, 9.17) is 0 Å². The number of benzene rings is 1. The fourth-order valence-electron chi connectivity index (χ4n) is 1.69. The first-order valence-corrected chi connectivity index (χ1v) is 7.05. The van der Waals surface area contributed by atoms with Crippen molar-refractivity contribution in [3.8, 4) is 0 Å². The Morgan fingerprint density at radius 3 is 2.75 bits per heavy atom. The van der Waals surface area contributed by atoms with Gasteiger partial charge in [0.15, 0.2) is 0 Å². The Bertz CT molecular complexity index is 682. The van der Waals surface area contributed by atoms with Crippen LogP contribution < -0.4 is 10.9 Å². The summed E-state index contributed by atoms with van der Waals surface area (Å²) >= 11 is 3.36. The topological polar surface area (TPSA) is 64.0 Å². The average molecular weight is 336 g/mol. The number of anilines is 1. The molecule has 0 saturated heterocycles. The van der Waals surface area contributed by atoms with E-state index in [0.717, 1.165) is 10.9 Å². The van der Waals surface area contributed by atoms with E-state index in [1.54, 1.807) is 6.07 Å². The molecule has 0 fully saturated rings. The van der Waals surface area contributed by atoms with E-state index in [2.05, 4.69) is 26.3 Å². The molecule has 0 spiro atoms. The monoisotopic (exact) mass is 335 g/mol. The van der Waals surface area contributed by atoms with Crippen LogP contribution in [0.15, 0.2) is 45.7 Å². The lowest BCUT2D eigenvalue weighted by atomic mass is 10.3. The van der Waals surface area contributed by atoms with Gasteiger partial charge in [-0.2, -0.15) is 5.10 Å². The highest BCUT2D eigenvalue weighted by Crippen LogP contribution is 2.21. The summed E-state index contributed by atoms with van der Waals surface area (Å²) in [5, 5.41) is 6.82. The molecule has 5 nitrogen and oxygen atoms in total. The maximum atomic E-state index is 12.1. The smallest absolute Gasteiger partial charge is 0.276 e. The van der Waals surface area contributed by atoms with Crippen LogP contribution in [0.1, 0.15) is 23.8 Å². The van der Waals surface area contributed by atoms with Gasteiger partial charge < -0.3 is 5.32 Å². The second-order valence-electron chi connectivity index (χ2n) is 4.21. The molecule has 1 amide bonds. The Labute approximate surface area is 124 Å². The molecule has 6 heteroatoms. The molecule has 0 saturated carbocycles. The van der Waals surface area contributed by atoms with Gasteiger partial charge in [0.1, 0.15) is 5.69 Å². The number of carbonyl (C=O) groups is 1. The maximum absolute atomic E-state index is 12.1. The van der Waals surface area contributed by atoms with E-state index >= 15 is 0 Å². The maximum Gasteiger partial charge on any atom is 0.276 e. The minimum Gasteiger partial charge on any atom is -0.320 e. The molecule has 0 aliphatic heterocycles. The number of carbonyl (C=O) groups excluding carboxylic acids is 1. The number of rotatable bonds is 4. The van der Waals surface area contributed by atoms with Crippen molar-refractivity contribution in [1.82, 2.24) is 9.78 Å². The van der Waals surface area contributed by atoms with Gasteiger partial charge in [-0.25, -0.2) is 4.68 Å².